The van der Waals surface area contributed by atoms with Crippen molar-refractivity contribution in [3.05, 3.63) is 21.4 Å². The molecule has 5 heteroatoms. The van der Waals surface area contributed by atoms with Crippen LogP contribution in [0.4, 0.5) is 0 Å². The molecule has 3 rings (SSSR count). The molecule has 2 heterocycles. The van der Waals surface area contributed by atoms with Crippen LogP contribution in [0.3, 0.4) is 0 Å². The Bertz CT molecular complexity index is 417. The summed E-state index contributed by atoms with van der Waals surface area (Å²) in [6.07, 6.45) is 5.46. The molecule has 1 aliphatic carbocycles. The van der Waals surface area contributed by atoms with Crippen molar-refractivity contribution in [2.24, 2.45) is 5.73 Å². The average molecular weight is 287 g/mol. The molecule has 0 atom stereocenters. The lowest BCUT2D eigenvalue weighted by Crippen LogP contribution is -2.42. The summed E-state index contributed by atoms with van der Waals surface area (Å²) in [6.45, 7) is 1.64. The summed E-state index contributed by atoms with van der Waals surface area (Å²) in [7, 11) is 0. The molecule has 1 saturated heterocycles. The van der Waals surface area contributed by atoms with Crippen LogP contribution in [0.15, 0.2) is 6.07 Å². The summed E-state index contributed by atoms with van der Waals surface area (Å²) in [5.41, 5.74) is 7.27. The molecule has 0 aromatic carbocycles. The molecule has 2 N–H and O–H groups in total. The normalized spacial score (nSPS) is 19.5. The first-order valence-electron chi connectivity index (χ1n) is 6.40. The lowest BCUT2D eigenvalue weighted by atomic mass is 10.1. The minimum absolute atomic E-state index is 0. The Morgan fingerprint density at radius 3 is 2.72 bits per heavy atom. The average Bonchev–Trinajstić information content (AvgIpc) is 2.89. The molecule has 0 bridgehead atoms. The van der Waals surface area contributed by atoms with E-state index in [0.717, 1.165) is 43.6 Å². The van der Waals surface area contributed by atoms with Gasteiger partial charge in [-0.25, -0.2) is 0 Å². The Labute approximate surface area is 118 Å². The third-order valence-corrected chi connectivity index (χ3v) is 5.01. The number of halogens is 1. The van der Waals surface area contributed by atoms with Gasteiger partial charge in [0.1, 0.15) is 0 Å². The van der Waals surface area contributed by atoms with E-state index in [1.165, 1.54) is 16.9 Å². The van der Waals surface area contributed by atoms with Crippen molar-refractivity contribution in [1.29, 1.82) is 0 Å². The largest absolute Gasteiger partial charge is 0.338 e. The number of nitrogens with two attached hydrogens (primary N) is 1. The topological polar surface area (TPSA) is 46.3 Å². The van der Waals surface area contributed by atoms with Gasteiger partial charge in [-0.05, 0) is 43.7 Å². The summed E-state index contributed by atoms with van der Waals surface area (Å²) in [5.74, 6) is 0.219. The molecule has 1 aliphatic heterocycles. The van der Waals surface area contributed by atoms with Gasteiger partial charge in [0.15, 0.2) is 0 Å². The summed E-state index contributed by atoms with van der Waals surface area (Å²) in [4.78, 5) is 16.6. The van der Waals surface area contributed by atoms with E-state index < -0.39 is 0 Å². The number of rotatable bonds is 1. The van der Waals surface area contributed by atoms with E-state index in [9.17, 15) is 4.79 Å². The molecule has 0 unspecified atom stereocenters. The second kappa shape index (κ2) is 5.59. The molecular weight excluding hydrogens is 268 g/mol. The minimum Gasteiger partial charge on any atom is -0.338 e. The van der Waals surface area contributed by atoms with Crippen LogP contribution in [-0.4, -0.2) is 29.9 Å². The van der Waals surface area contributed by atoms with Gasteiger partial charge in [-0.15, -0.1) is 23.7 Å². The van der Waals surface area contributed by atoms with Gasteiger partial charge in [-0.2, -0.15) is 0 Å². The number of piperidine rings is 1. The molecule has 0 radical (unpaired) electrons. The standard InChI is InChI=1S/C13H18N2OS.ClH/c14-10-4-6-15(7-5-10)13(16)12-8-9-2-1-3-11(9)17-12;/h8,10H,1-7,14H2;1H. The van der Waals surface area contributed by atoms with E-state index in [1.807, 2.05) is 4.90 Å². The van der Waals surface area contributed by atoms with Crippen LogP contribution in [0.5, 0.6) is 0 Å². The van der Waals surface area contributed by atoms with Gasteiger partial charge in [0.2, 0.25) is 0 Å². The fourth-order valence-corrected chi connectivity index (χ4v) is 3.91. The number of hydrogen-bond acceptors (Lipinski definition) is 3. The molecule has 3 nitrogen and oxygen atoms in total. The van der Waals surface area contributed by atoms with Crippen molar-refractivity contribution >= 4 is 29.7 Å². The number of hydrogen-bond donors (Lipinski definition) is 1. The third-order valence-electron chi connectivity index (χ3n) is 3.78. The predicted octanol–water partition coefficient (Wildman–Crippen LogP) is 2.22. The molecule has 1 fully saturated rings. The quantitative estimate of drug-likeness (QED) is 0.860. The molecule has 18 heavy (non-hydrogen) atoms. The minimum atomic E-state index is 0. The number of nitrogens with zero attached hydrogens (tertiary/aromatic N) is 1. The zero-order valence-corrected chi connectivity index (χ0v) is 12.0. The number of carbonyl (C=O) groups excluding carboxylic acids is 1. The van der Waals surface area contributed by atoms with Crippen LogP contribution in [0.1, 0.15) is 39.4 Å². The Morgan fingerprint density at radius 1 is 1.33 bits per heavy atom. The highest BCUT2D eigenvalue weighted by molar-refractivity contribution is 7.14. The van der Waals surface area contributed by atoms with Gasteiger partial charge >= 0.3 is 0 Å². The fourth-order valence-electron chi connectivity index (χ4n) is 2.69. The highest BCUT2D eigenvalue weighted by Crippen LogP contribution is 2.31. The van der Waals surface area contributed by atoms with Crippen molar-refractivity contribution in [1.82, 2.24) is 4.90 Å². The van der Waals surface area contributed by atoms with E-state index in [4.69, 9.17) is 5.73 Å². The lowest BCUT2D eigenvalue weighted by molar-refractivity contribution is 0.0719. The molecule has 1 aromatic rings. The van der Waals surface area contributed by atoms with Crippen LogP contribution < -0.4 is 5.73 Å². The summed E-state index contributed by atoms with van der Waals surface area (Å²) < 4.78 is 0. The first-order chi connectivity index (χ1) is 8.24. The SMILES string of the molecule is Cl.NC1CCN(C(=O)c2cc3c(s2)CCC3)CC1. The van der Waals surface area contributed by atoms with Gasteiger partial charge in [0.05, 0.1) is 4.88 Å². The second-order valence-electron chi connectivity index (χ2n) is 5.04. The van der Waals surface area contributed by atoms with Gasteiger partial charge < -0.3 is 10.6 Å². The number of amides is 1. The van der Waals surface area contributed by atoms with Crippen LogP contribution in [-0.2, 0) is 12.8 Å². The molecule has 0 saturated carbocycles. The molecule has 1 aromatic heterocycles. The molecule has 100 valence electrons. The smallest absolute Gasteiger partial charge is 0.263 e. The van der Waals surface area contributed by atoms with Crippen LogP contribution in [0, 0.1) is 0 Å². The highest BCUT2D eigenvalue weighted by Gasteiger charge is 2.25. The fraction of sp³-hybridized carbons (Fsp3) is 0.615. The third kappa shape index (κ3) is 2.56. The maximum absolute atomic E-state index is 12.3. The number of fused-ring (bicyclic) bond motifs is 1. The van der Waals surface area contributed by atoms with E-state index >= 15 is 0 Å². The van der Waals surface area contributed by atoms with E-state index in [1.54, 1.807) is 11.3 Å². The van der Waals surface area contributed by atoms with Crippen molar-refractivity contribution in [3.63, 3.8) is 0 Å². The van der Waals surface area contributed by atoms with Crippen molar-refractivity contribution in [2.75, 3.05) is 13.1 Å². The van der Waals surface area contributed by atoms with E-state index in [2.05, 4.69) is 6.07 Å². The van der Waals surface area contributed by atoms with E-state index in [0.29, 0.717) is 0 Å². The van der Waals surface area contributed by atoms with Crippen LogP contribution >= 0.6 is 23.7 Å². The van der Waals surface area contributed by atoms with Gasteiger partial charge in [0.25, 0.3) is 5.91 Å². The van der Waals surface area contributed by atoms with Crippen molar-refractivity contribution < 1.29 is 4.79 Å². The van der Waals surface area contributed by atoms with Gasteiger partial charge in [0, 0.05) is 24.0 Å². The molecular formula is C13H19ClN2OS. The zero-order valence-electron chi connectivity index (χ0n) is 10.4. The molecule has 1 amide bonds. The highest BCUT2D eigenvalue weighted by atomic mass is 35.5. The monoisotopic (exact) mass is 286 g/mol. The number of carbonyl (C=O) groups is 1. The Kier molecular flexibility index (Phi) is 4.30. The lowest BCUT2D eigenvalue weighted by Gasteiger charge is -2.29. The summed E-state index contributed by atoms with van der Waals surface area (Å²) in [6, 6.07) is 2.40. The molecule has 0 spiro atoms. The van der Waals surface area contributed by atoms with E-state index in [-0.39, 0.29) is 24.4 Å². The number of likely N-dealkylation sites (tertiary alicyclic amines) is 1. The summed E-state index contributed by atoms with van der Waals surface area (Å²) >= 11 is 1.70. The number of thiophene rings is 1. The summed E-state index contributed by atoms with van der Waals surface area (Å²) in [5, 5.41) is 0. The zero-order chi connectivity index (χ0) is 11.8. The van der Waals surface area contributed by atoms with Crippen LogP contribution in [0.2, 0.25) is 0 Å². The predicted molar refractivity (Wildman–Crippen MR) is 76.7 cm³/mol. The number of aryl methyl sites for hydroxylation is 2. The first-order valence-corrected chi connectivity index (χ1v) is 7.22. The first kappa shape index (κ1) is 13.8. The Hall–Kier alpha value is -0.580. The Morgan fingerprint density at radius 2 is 2.06 bits per heavy atom. The van der Waals surface area contributed by atoms with Crippen molar-refractivity contribution in [3.8, 4) is 0 Å². The van der Waals surface area contributed by atoms with Gasteiger partial charge in [-0.1, -0.05) is 0 Å². The second-order valence-corrected chi connectivity index (χ2v) is 6.18. The maximum Gasteiger partial charge on any atom is 0.263 e. The van der Waals surface area contributed by atoms with Crippen LogP contribution in [0.25, 0.3) is 0 Å². The maximum atomic E-state index is 12.3. The van der Waals surface area contributed by atoms with Crippen molar-refractivity contribution in [2.45, 2.75) is 38.1 Å². The van der Waals surface area contributed by atoms with Gasteiger partial charge in [-0.3, -0.25) is 4.79 Å². The Balaban J connectivity index is 0.00000120. The molecule has 2 aliphatic rings.